The summed E-state index contributed by atoms with van der Waals surface area (Å²) in [5, 5.41) is 0. The minimum Gasteiger partial charge on any atom is -0.460 e. The number of Topliss-reactive ketones (excluding diaryl/α,β-unsaturated/α-hetero) is 1. The third-order valence-corrected chi connectivity index (χ3v) is 3.16. The van der Waals surface area contributed by atoms with Crippen molar-refractivity contribution in [1.29, 1.82) is 0 Å². The van der Waals surface area contributed by atoms with Crippen LogP contribution in [0.4, 0.5) is 0 Å². The Kier molecular flexibility index (Phi) is 5.10. The molecule has 1 heterocycles. The largest absolute Gasteiger partial charge is 0.460 e. The summed E-state index contributed by atoms with van der Waals surface area (Å²) in [7, 11) is 0. The van der Waals surface area contributed by atoms with Gasteiger partial charge in [-0.25, -0.2) is 0 Å². The molecule has 102 valence electrons. The average Bonchev–Trinajstić information content (AvgIpc) is 2.42. The van der Waals surface area contributed by atoms with Crippen molar-refractivity contribution in [1.82, 2.24) is 0 Å². The lowest BCUT2D eigenvalue weighted by Gasteiger charge is -2.17. The predicted octanol–water partition coefficient (Wildman–Crippen LogP) is 2.12. The molecule has 4 nitrogen and oxygen atoms in total. The third-order valence-electron chi connectivity index (χ3n) is 3.16. The summed E-state index contributed by atoms with van der Waals surface area (Å²) in [6.45, 7) is 1.25. The first kappa shape index (κ1) is 13.7. The molecule has 1 aromatic rings. The minimum absolute atomic E-state index is 0.0265. The molecule has 1 aromatic carbocycles. The van der Waals surface area contributed by atoms with Gasteiger partial charge in [0.1, 0.15) is 18.3 Å². The highest BCUT2D eigenvalue weighted by Crippen LogP contribution is 2.15. The Morgan fingerprint density at radius 3 is 2.84 bits per heavy atom. The maximum atomic E-state index is 11.9. The molecule has 1 aliphatic heterocycles. The molecule has 0 N–H and O–H groups in total. The van der Waals surface area contributed by atoms with Crippen molar-refractivity contribution < 1.29 is 19.1 Å². The van der Waals surface area contributed by atoms with Crippen LogP contribution in [0.2, 0.25) is 0 Å². The van der Waals surface area contributed by atoms with E-state index in [-0.39, 0.29) is 12.4 Å². The number of hydrogen-bond acceptors (Lipinski definition) is 4. The smallest absolute Gasteiger partial charge is 0.316 e. The topological polar surface area (TPSA) is 52.6 Å². The molecule has 1 saturated heterocycles. The highest BCUT2D eigenvalue weighted by molar-refractivity contribution is 5.99. The van der Waals surface area contributed by atoms with E-state index in [4.69, 9.17) is 9.47 Å². The van der Waals surface area contributed by atoms with E-state index in [0.29, 0.717) is 32.5 Å². The number of esters is 1. The van der Waals surface area contributed by atoms with Crippen molar-refractivity contribution in [3.8, 4) is 0 Å². The fourth-order valence-corrected chi connectivity index (χ4v) is 2.07. The molecule has 19 heavy (non-hydrogen) atoms. The molecular weight excluding hydrogens is 244 g/mol. The van der Waals surface area contributed by atoms with Crippen LogP contribution in [0, 0.1) is 5.92 Å². The zero-order chi connectivity index (χ0) is 13.5. The number of ketones is 1. The number of benzene rings is 1. The number of hydrogen-bond donors (Lipinski definition) is 0. The minimum atomic E-state index is -0.663. The molecular formula is C15H18O4. The number of carbonyl (C=O) groups excluding carboxylic acids is 2. The van der Waals surface area contributed by atoms with E-state index in [2.05, 4.69) is 0 Å². The van der Waals surface area contributed by atoms with Crippen molar-refractivity contribution in [2.75, 3.05) is 13.2 Å². The van der Waals surface area contributed by atoms with Crippen molar-refractivity contribution in [2.45, 2.75) is 25.9 Å². The van der Waals surface area contributed by atoms with E-state index < -0.39 is 11.9 Å². The number of ether oxygens (including phenoxy) is 2. The Labute approximate surface area is 112 Å². The number of rotatable bonds is 3. The molecule has 0 radical (unpaired) electrons. The zero-order valence-corrected chi connectivity index (χ0v) is 10.8. The Balaban J connectivity index is 1.88. The monoisotopic (exact) mass is 262 g/mol. The van der Waals surface area contributed by atoms with E-state index in [1.54, 1.807) is 0 Å². The Bertz CT molecular complexity index is 427. The first-order valence-electron chi connectivity index (χ1n) is 6.58. The van der Waals surface area contributed by atoms with Gasteiger partial charge in [-0.05, 0) is 18.4 Å². The summed E-state index contributed by atoms with van der Waals surface area (Å²) >= 11 is 0. The maximum Gasteiger partial charge on any atom is 0.316 e. The molecule has 0 aromatic heterocycles. The average molecular weight is 262 g/mol. The maximum absolute atomic E-state index is 11.9. The first-order chi connectivity index (χ1) is 9.27. The fraction of sp³-hybridized carbons (Fsp3) is 0.467. The lowest BCUT2D eigenvalue weighted by atomic mass is 9.96. The van der Waals surface area contributed by atoms with Gasteiger partial charge in [0.15, 0.2) is 0 Å². The second-order valence-electron chi connectivity index (χ2n) is 4.62. The summed E-state index contributed by atoms with van der Waals surface area (Å²) < 4.78 is 10.5. The van der Waals surface area contributed by atoms with Gasteiger partial charge in [-0.2, -0.15) is 0 Å². The fourth-order valence-electron chi connectivity index (χ4n) is 2.07. The Morgan fingerprint density at radius 2 is 2.05 bits per heavy atom. The van der Waals surface area contributed by atoms with Gasteiger partial charge in [0, 0.05) is 19.6 Å². The molecule has 1 atom stereocenters. The standard InChI is InChI=1S/C15H18O4/c16-14-7-4-9-18-10-8-13(14)15(17)19-11-12-5-2-1-3-6-12/h1-3,5-6,13H,4,7-11H2/t13-/m0/s1. The van der Waals surface area contributed by atoms with Crippen LogP contribution in [0.25, 0.3) is 0 Å². The Hall–Kier alpha value is -1.68. The first-order valence-corrected chi connectivity index (χ1v) is 6.58. The van der Waals surface area contributed by atoms with Gasteiger partial charge < -0.3 is 9.47 Å². The second-order valence-corrected chi connectivity index (χ2v) is 4.62. The summed E-state index contributed by atoms with van der Waals surface area (Å²) in [4.78, 5) is 23.8. The van der Waals surface area contributed by atoms with Gasteiger partial charge in [-0.3, -0.25) is 9.59 Å². The molecule has 2 rings (SSSR count). The Morgan fingerprint density at radius 1 is 1.26 bits per heavy atom. The van der Waals surface area contributed by atoms with Crippen LogP contribution in [-0.2, 0) is 25.7 Å². The van der Waals surface area contributed by atoms with Gasteiger partial charge in [0.2, 0.25) is 0 Å². The van der Waals surface area contributed by atoms with Crippen LogP contribution in [0.5, 0.6) is 0 Å². The van der Waals surface area contributed by atoms with E-state index >= 15 is 0 Å². The van der Waals surface area contributed by atoms with Gasteiger partial charge in [0.05, 0.1) is 0 Å². The summed E-state index contributed by atoms with van der Waals surface area (Å²) in [5.74, 6) is -1.12. The van der Waals surface area contributed by atoms with Crippen LogP contribution in [0.3, 0.4) is 0 Å². The van der Waals surface area contributed by atoms with Gasteiger partial charge in [0.25, 0.3) is 0 Å². The highest BCUT2D eigenvalue weighted by Gasteiger charge is 2.28. The van der Waals surface area contributed by atoms with E-state index in [9.17, 15) is 9.59 Å². The molecule has 0 unspecified atom stereocenters. The van der Waals surface area contributed by atoms with E-state index in [0.717, 1.165) is 5.56 Å². The van der Waals surface area contributed by atoms with E-state index in [1.807, 2.05) is 30.3 Å². The van der Waals surface area contributed by atoms with Crippen molar-refractivity contribution in [3.63, 3.8) is 0 Å². The third kappa shape index (κ3) is 4.17. The zero-order valence-electron chi connectivity index (χ0n) is 10.8. The lowest BCUT2D eigenvalue weighted by molar-refractivity contribution is -0.154. The number of carbonyl (C=O) groups is 2. The highest BCUT2D eigenvalue weighted by atomic mass is 16.5. The summed E-state index contributed by atoms with van der Waals surface area (Å²) in [6, 6.07) is 9.45. The van der Waals surface area contributed by atoms with Crippen LogP contribution in [-0.4, -0.2) is 25.0 Å². The molecule has 0 saturated carbocycles. The van der Waals surface area contributed by atoms with Crippen LogP contribution < -0.4 is 0 Å². The summed E-state index contributed by atoms with van der Waals surface area (Å²) in [6.07, 6.45) is 1.50. The molecule has 4 heteroatoms. The molecule has 1 fully saturated rings. The quantitative estimate of drug-likeness (QED) is 0.618. The molecule has 0 amide bonds. The molecule has 0 spiro atoms. The predicted molar refractivity (Wildman–Crippen MR) is 69.4 cm³/mol. The van der Waals surface area contributed by atoms with E-state index in [1.165, 1.54) is 0 Å². The molecule has 0 aliphatic carbocycles. The molecule has 0 bridgehead atoms. The summed E-state index contributed by atoms with van der Waals surface area (Å²) in [5.41, 5.74) is 0.922. The molecule has 1 aliphatic rings. The van der Waals surface area contributed by atoms with Crippen LogP contribution in [0.15, 0.2) is 30.3 Å². The SMILES string of the molecule is O=C1CCCOCC[C@@H]1C(=O)OCc1ccccc1. The second kappa shape index (κ2) is 7.04. The normalized spacial score (nSPS) is 20.4. The van der Waals surface area contributed by atoms with Crippen molar-refractivity contribution >= 4 is 11.8 Å². The van der Waals surface area contributed by atoms with Crippen molar-refractivity contribution in [3.05, 3.63) is 35.9 Å². The van der Waals surface area contributed by atoms with Gasteiger partial charge >= 0.3 is 5.97 Å². The van der Waals surface area contributed by atoms with Gasteiger partial charge in [-0.1, -0.05) is 30.3 Å². The van der Waals surface area contributed by atoms with Gasteiger partial charge in [-0.15, -0.1) is 0 Å². The van der Waals surface area contributed by atoms with Crippen LogP contribution >= 0.6 is 0 Å². The van der Waals surface area contributed by atoms with Crippen LogP contribution in [0.1, 0.15) is 24.8 Å². The lowest BCUT2D eigenvalue weighted by Crippen LogP contribution is -2.29. The van der Waals surface area contributed by atoms with Crippen molar-refractivity contribution in [2.24, 2.45) is 5.92 Å².